The van der Waals surface area contributed by atoms with Crippen LogP contribution < -0.4 is 5.32 Å². The number of rotatable bonds is 9. The molecule has 0 bridgehead atoms. The SMILES string of the molecule is CCn1c(CSc2nc3ccccc3s2)nnc1SCC(=O)NC(C)(C#N)C(C)C. The van der Waals surface area contributed by atoms with Gasteiger partial charge in [-0.15, -0.1) is 21.5 Å². The Morgan fingerprint density at radius 1 is 1.33 bits per heavy atom. The number of hydrogen-bond acceptors (Lipinski definition) is 8. The number of nitriles is 1. The quantitative estimate of drug-likeness (QED) is 0.474. The molecule has 0 saturated heterocycles. The van der Waals surface area contributed by atoms with Crippen LogP contribution in [0, 0.1) is 17.2 Å². The second-order valence-corrected chi connectivity index (χ2v) is 10.4. The summed E-state index contributed by atoms with van der Waals surface area (Å²) in [5.41, 5.74) is 0.129. The molecule has 0 aliphatic rings. The van der Waals surface area contributed by atoms with Crippen LogP contribution >= 0.6 is 34.9 Å². The summed E-state index contributed by atoms with van der Waals surface area (Å²) in [5.74, 6) is 1.53. The van der Waals surface area contributed by atoms with E-state index in [0.717, 1.165) is 15.7 Å². The second kappa shape index (κ2) is 9.81. The topological polar surface area (TPSA) is 96.5 Å². The fourth-order valence-electron chi connectivity index (χ4n) is 2.65. The predicted molar refractivity (Wildman–Crippen MR) is 123 cm³/mol. The van der Waals surface area contributed by atoms with E-state index < -0.39 is 5.54 Å². The minimum Gasteiger partial charge on any atom is -0.337 e. The number of amides is 1. The van der Waals surface area contributed by atoms with Crippen molar-refractivity contribution in [1.82, 2.24) is 25.1 Å². The van der Waals surface area contributed by atoms with Crippen LogP contribution in [0.5, 0.6) is 0 Å². The Bertz CT molecular complexity index is 1040. The van der Waals surface area contributed by atoms with Crippen molar-refractivity contribution in [1.29, 1.82) is 5.26 Å². The molecule has 7 nitrogen and oxygen atoms in total. The first-order chi connectivity index (χ1) is 14.4. The standard InChI is InChI=1S/C20H24N6OS3/c1-5-26-16(10-29-19-22-14-8-6-7-9-15(14)30-19)24-25-18(26)28-11-17(27)23-20(4,12-21)13(2)3/h6-9,13H,5,10-11H2,1-4H3,(H,23,27). The molecule has 2 aromatic heterocycles. The van der Waals surface area contributed by atoms with Gasteiger partial charge in [-0.3, -0.25) is 4.79 Å². The number of hydrogen-bond donors (Lipinski definition) is 1. The van der Waals surface area contributed by atoms with Gasteiger partial charge in [0.1, 0.15) is 11.4 Å². The molecule has 0 saturated carbocycles. The summed E-state index contributed by atoms with van der Waals surface area (Å²) in [4.78, 5) is 17.0. The van der Waals surface area contributed by atoms with E-state index in [2.05, 4.69) is 32.6 Å². The molecule has 2 heterocycles. The Morgan fingerprint density at radius 2 is 2.10 bits per heavy atom. The number of fused-ring (bicyclic) bond motifs is 1. The van der Waals surface area contributed by atoms with Gasteiger partial charge in [0, 0.05) is 6.54 Å². The molecule has 1 atom stereocenters. The van der Waals surface area contributed by atoms with Gasteiger partial charge in [0.25, 0.3) is 0 Å². The lowest BCUT2D eigenvalue weighted by Crippen LogP contribution is -2.49. The van der Waals surface area contributed by atoms with E-state index in [1.807, 2.05) is 43.5 Å². The van der Waals surface area contributed by atoms with E-state index >= 15 is 0 Å². The van der Waals surface area contributed by atoms with E-state index in [0.29, 0.717) is 17.5 Å². The minimum atomic E-state index is -0.880. The number of aromatic nitrogens is 4. The number of thioether (sulfide) groups is 2. The first-order valence-corrected chi connectivity index (χ1v) is 12.4. The summed E-state index contributed by atoms with van der Waals surface area (Å²) in [6.07, 6.45) is 0. The van der Waals surface area contributed by atoms with Crippen LogP contribution in [-0.2, 0) is 17.1 Å². The summed E-state index contributed by atoms with van der Waals surface area (Å²) in [6.45, 7) is 8.32. The number of nitrogens with one attached hydrogen (secondary N) is 1. The summed E-state index contributed by atoms with van der Waals surface area (Å²) in [7, 11) is 0. The van der Waals surface area contributed by atoms with E-state index in [4.69, 9.17) is 0 Å². The van der Waals surface area contributed by atoms with Gasteiger partial charge in [0.2, 0.25) is 5.91 Å². The molecule has 0 fully saturated rings. The van der Waals surface area contributed by atoms with Gasteiger partial charge in [0.05, 0.1) is 27.8 Å². The molecule has 3 rings (SSSR count). The van der Waals surface area contributed by atoms with Gasteiger partial charge >= 0.3 is 0 Å². The average Bonchev–Trinajstić information content (AvgIpc) is 3.33. The molecule has 0 radical (unpaired) electrons. The largest absolute Gasteiger partial charge is 0.337 e. The lowest BCUT2D eigenvalue weighted by molar-refractivity contribution is -0.120. The zero-order valence-electron chi connectivity index (χ0n) is 17.4. The van der Waals surface area contributed by atoms with Gasteiger partial charge in [-0.05, 0) is 31.9 Å². The molecule has 3 aromatic rings. The summed E-state index contributed by atoms with van der Waals surface area (Å²) >= 11 is 4.65. The van der Waals surface area contributed by atoms with Crippen molar-refractivity contribution in [2.75, 3.05) is 5.75 Å². The maximum Gasteiger partial charge on any atom is 0.231 e. The van der Waals surface area contributed by atoms with Crippen molar-refractivity contribution in [3.05, 3.63) is 30.1 Å². The summed E-state index contributed by atoms with van der Waals surface area (Å²) in [6, 6.07) is 10.3. The molecule has 1 amide bonds. The van der Waals surface area contributed by atoms with Crippen LogP contribution in [0.3, 0.4) is 0 Å². The van der Waals surface area contributed by atoms with Crippen LogP contribution in [-0.4, -0.2) is 36.9 Å². The molecular formula is C20H24N6OS3. The van der Waals surface area contributed by atoms with Gasteiger partial charge in [-0.2, -0.15) is 5.26 Å². The van der Waals surface area contributed by atoms with Gasteiger partial charge in [-0.25, -0.2) is 4.98 Å². The van der Waals surface area contributed by atoms with Crippen molar-refractivity contribution in [2.24, 2.45) is 5.92 Å². The zero-order valence-corrected chi connectivity index (χ0v) is 19.8. The van der Waals surface area contributed by atoms with Crippen LogP contribution in [0.2, 0.25) is 0 Å². The third kappa shape index (κ3) is 5.14. The molecule has 1 N–H and O–H groups in total. The normalized spacial score (nSPS) is 13.3. The molecule has 30 heavy (non-hydrogen) atoms. The first kappa shape index (κ1) is 22.6. The monoisotopic (exact) mass is 460 g/mol. The number of benzene rings is 1. The average molecular weight is 461 g/mol. The van der Waals surface area contributed by atoms with Gasteiger partial charge in [0.15, 0.2) is 9.50 Å². The highest BCUT2D eigenvalue weighted by Gasteiger charge is 2.30. The van der Waals surface area contributed by atoms with Crippen molar-refractivity contribution in [3.63, 3.8) is 0 Å². The number of carbonyl (C=O) groups is 1. The van der Waals surface area contributed by atoms with E-state index in [-0.39, 0.29) is 17.6 Å². The number of para-hydroxylation sites is 1. The van der Waals surface area contributed by atoms with Crippen LogP contribution in [0.15, 0.2) is 33.8 Å². The number of carbonyl (C=O) groups excluding carboxylic acids is 1. The Hall–Kier alpha value is -2.09. The molecule has 10 heteroatoms. The summed E-state index contributed by atoms with van der Waals surface area (Å²) < 4.78 is 4.19. The predicted octanol–water partition coefficient (Wildman–Crippen LogP) is 4.35. The fourth-order valence-corrected chi connectivity index (χ4v) is 5.48. The van der Waals surface area contributed by atoms with E-state index in [1.165, 1.54) is 16.5 Å². The van der Waals surface area contributed by atoms with Gasteiger partial charge < -0.3 is 9.88 Å². The minimum absolute atomic E-state index is 0.0156. The van der Waals surface area contributed by atoms with Crippen LogP contribution in [0.1, 0.15) is 33.5 Å². The Morgan fingerprint density at radius 3 is 2.77 bits per heavy atom. The van der Waals surface area contributed by atoms with Crippen molar-refractivity contribution >= 4 is 51.0 Å². The smallest absolute Gasteiger partial charge is 0.231 e. The molecule has 1 aromatic carbocycles. The van der Waals surface area contributed by atoms with E-state index in [9.17, 15) is 10.1 Å². The first-order valence-electron chi connectivity index (χ1n) is 9.61. The van der Waals surface area contributed by atoms with Crippen molar-refractivity contribution < 1.29 is 4.79 Å². The Kier molecular flexibility index (Phi) is 7.39. The molecule has 0 spiro atoms. The maximum absolute atomic E-state index is 12.3. The molecule has 1 unspecified atom stereocenters. The molecule has 0 aliphatic heterocycles. The molecule has 0 aliphatic carbocycles. The number of nitrogens with zero attached hydrogens (tertiary/aromatic N) is 5. The van der Waals surface area contributed by atoms with Crippen LogP contribution in [0.4, 0.5) is 0 Å². The van der Waals surface area contributed by atoms with Gasteiger partial charge in [-0.1, -0.05) is 49.5 Å². The lowest BCUT2D eigenvalue weighted by atomic mass is 9.90. The highest BCUT2D eigenvalue weighted by atomic mass is 32.2. The van der Waals surface area contributed by atoms with Crippen LogP contribution in [0.25, 0.3) is 10.2 Å². The highest BCUT2D eigenvalue weighted by molar-refractivity contribution is 8.00. The zero-order chi connectivity index (χ0) is 21.7. The fraction of sp³-hybridized carbons (Fsp3) is 0.450. The maximum atomic E-state index is 12.3. The highest BCUT2D eigenvalue weighted by Crippen LogP contribution is 2.31. The Labute approximate surface area is 188 Å². The lowest BCUT2D eigenvalue weighted by Gasteiger charge is -2.27. The number of thiazole rings is 1. The van der Waals surface area contributed by atoms with Crippen molar-refractivity contribution in [3.8, 4) is 6.07 Å². The third-order valence-electron chi connectivity index (χ3n) is 4.83. The Balaban J connectivity index is 1.61. The van der Waals surface area contributed by atoms with E-state index in [1.54, 1.807) is 30.0 Å². The third-order valence-corrected chi connectivity index (χ3v) is 7.97. The molecule has 158 valence electrons. The second-order valence-electron chi connectivity index (χ2n) is 7.18. The summed E-state index contributed by atoms with van der Waals surface area (Å²) in [5, 5.41) is 21.5. The molecular weight excluding hydrogens is 436 g/mol. The van der Waals surface area contributed by atoms with Crippen molar-refractivity contribution in [2.45, 2.75) is 55.0 Å².